The lowest BCUT2D eigenvalue weighted by Gasteiger charge is -2.20. The van der Waals surface area contributed by atoms with Crippen LogP contribution in [-0.2, 0) is 9.09 Å². The van der Waals surface area contributed by atoms with Crippen LogP contribution in [0.2, 0.25) is 0 Å². The Labute approximate surface area is 92.3 Å². The zero-order chi connectivity index (χ0) is 13.4. The summed E-state index contributed by atoms with van der Waals surface area (Å²) in [5.74, 6) is 0. The molecule has 0 spiro atoms. The Morgan fingerprint density at radius 1 is 1.25 bits per heavy atom. The molecule has 0 aliphatic carbocycles. The summed E-state index contributed by atoms with van der Waals surface area (Å²) in [5.41, 5.74) is 3.94. The lowest BCUT2D eigenvalue weighted by molar-refractivity contribution is -0.0209. The van der Waals surface area contributed by atoms with E-state index in [4.69, 9.17) is 35.9 Å². The number of phosphoric ester groups is 1. The minimum absolute atomic E-state index is 0.403. The molecule has 9 nitrogen and oxygen atoms in total. The van der Waals surface area contributed by atoms with E-state index in [1.54, 1.807) is 0 Å². The summed E-state index contributed by atoms with van der Waals surface area (Å²) in [7, 11) is -4.47. The molecule has 0 aliphatic heterocycles. The third kappa shape index (κ3) is 12.0. The fraction of sp³-hybridized carbons (Fsp3) is 1.00. The first kappa shape index (κ1) is 18.3. The third-order valence-electron chi connectivity index (χ3n) is 1.23. The number of hydrogen-bond acceptors (Lipinski definition) is 7. The summed E-state index contributed by atoms with van der Waals surface area (Å²) in [5, 5.41) is 33.2. The van der Waals surface area contributed by atoms with Crippen LogP contribution in [0.3, 0.4) is 0 Å². The molecule has 0 rings (SSSR count). The van der Waals surface area contributed by atoms with Gasteiger partial charge in [0.2, 0.25) is 0 Å². The second-order valence-corrected chi connectivity index (χ2v) is 4.22. The molecule has 1 unspecified atom stereocenters. The van der Waals surface area contributed by atoms with Gasteiger partial charge in [0, 0.05) is 0 Å². The zero-order valence-electron chi connectivity index (χ0n) is 8.72. The minimum Gasteiger partial charge on any atom is -0.394 e. The Balaban J connectivity index is 0. The van der Waals surface area contributed by atoms with Crippen LogP contribution in [0.4, 0.5) is 0 Å². The standard InChI is InChI=1S/C4H11NO3.C2H7O5P/c5-4(1-6,2-7)3-8;1-2(3)7-8(4,5)6/h6-8H,1-3,5H2;2-3H,1H3,(H2,4,5,6). The van der Waals surface area contributed by atoms with E-state index < -0.39 is 39.5 Å². The summed E-state index contributed by atoms with van der Waals surface area (Å²) in [4.78, 5) is 15.8. The van der Waals surface area contributed by atoms with Crippen LogP contribution in [0, 0.1) is 0 Å². The largest absolute Gasteiger partial charge is 0.471 e. The maximum absolute atomic E-state index is 9.75. The van der Waals surface area contributed by atoms with Gasteiger partial charge in [-0.1, -0.05) is 0 Å². The molecule has 0 bridgehead atoms. The van der Waals surface area contributed by atoms with Crippen molar-refractivity contribution in [2.75, 3.05) is 19.8 Å². The van der Waals surface area contributed by atoms with E-state index in [2.05, 4.69) is 4.52 Å². The molecule has 0 fully saturated rings. The van der Waals surface area contributed by atoms with Crippen LogP contribution in [0.25, 0.3) is 0 Å². The van der Waals surface area contributed by atoms with Crippen molar-refractivity contribution in [3.05, 3.63) is 0 Å². The normalized spacial score (nSPS) is 14.0. The van der Waals surface area contributed by atoms with Crippen LogP contribution >= 0.6 is 7.82 Å². The quantitative estimate of drug-likeness (QED) is 0.202. The Morgan fingerprint density at radius 2 is 1.56 bits per heavy atom. The van der Waals surface area contributed by atoms with E-state index in [-0.39, 0.29) is 0 Å². The van der Waals surface area contributed by atoms with Gasteiger partial charge in [-0.25, -0.2) is 4.57 Å². The Morgan fingerprint density at radius 3 is 1.56 bits per heavy atom. The molecular weight excluding hydrogens is 245 g/mol. The first-order valence-corrected chi connectivity index (χ1v) is 5.66. The number of aliphatic hydroxyl groups excluding tert-OH is 4. The highest BCUT2D eigenvalue weighted by molar-refractivity contribution is 7.46. The van der Waals surface area contributed by atoms with Crippen molar-refractivity contribution < 1.29 is 39.3 Å². The highest BCUT2D eigenvalue weighted by Crippen LogP contribution is 2.36. The van der Waals surface area contributed by atoms with Crippen LogP contribution in [-0.4, -0.2) is 61.9 Å². The van der Waals surface area contributed by atoms with Crippen molar-refractivity contribution in [3.63, 3.8) is 0 Å². The van der Waals surface area contributed by atoms with Gasteiger partial charge in [0.05, 0.1) is 25.4 Å². The van der Waals surface area contributed by atoms with E-state index >= 15 is 0 Å². The lowest BCUT2D eigenvalue weighted by atomic mass is 10.1. The molecule has 0 radical (unpaired) electrons. The minimum atomic E-state index is -4.47. The van der Waals surface area contributed by atoms with Crippen molar-refractivity contribution >= 4 is 7.82 Å². The Hall–Kier alpha value is -0.0900. The third-order valence-corrected chi connectivity index (χ3v) is 1.81. The first-order chi connectivity index (χ1) is 7.10. The van der Waals surface area contributed by atoms with Gasteiger partial charge in [-0.05, 0) is 6.92 Å². The fourth-order valence-electron chi connectivity index (χ4n) is 0.349. The predicted molar refractivity (Wildman–Crippen MR) is 53.0 cm³/mol. The van der Waals surface area contributed by atoms with Crippen LogP contribution in [0.15, 0.2) is 0 Å². The van der Waals surface area contributed by atoms with Gasteiger partial charge in [-0.3, -0.25) is 4.52 Å². The second-order valence-electron chi connectivity index (χ2n) is 3.03. The molecule has 0 aromatic rings. The SMILES string of the molecule is CC(O)OP(=O)(O)O.NC(CO)(CO)CO. The van der Waals surface area contributed by atoms with E-state index in [1.165, 1.54) is 0 Å². The molecule has 0 amide bonds. The number of phosphoric acid groups is 1. The summed E-state index contributed by atoms with van der Waals surface area (Å²) in [6, 6.07) is 0. The molecule has 0 saturated carbocycles. The number of aliphatic hydroxyl groups is 4. The van der Waals surface area contributed by atoms with Gasteiger partial charge in [0.1, 0.15) is 0 Å². The highest BCUT2D eigenvalue weighted by atomic mass is 31.2. The number of rotatable bonds is 5. The smallest absolute Gasteiger partial charge is 0.394 e. The van der Waals surface area contributed by atoms with Gasteiger partial charge in [-0.15, -0.1) is 0 Å². The molecule has 0 aromatic carbocycles. The zero-order valence-corrected chi connectivity index (χ0v) is 9.62. The van der Waals surface area contributed by atoms with E-state index in [0.29, 0.717) is 0 Å². The molecule has 8 N–H and O–H groups in total. The summed E-state index contributed by atoms with van der Waals surface area (Å²) in [6.07, 6.45) is -1.42. The van der Waals surface area contributed by atoms with Crippen LogP contribution < -0.4 is 5.73 Å². The fourth-order valence-corrected chi connectivity index (χ4v) is 0.746. The summed E-state index contributed by atoms with van der Waals surface area (Å²) >= 11 is 0. The summed E-state index contributed by atoms with van der Waals surface area (Å²) < 4.78 is 13.4. The molecule has 0 aliphatic rings. The van der Waals surface area contributed by atoms with Gasteiger partial charge in [-0.2, -0.15) is 0 Å². The monoisotopic (exact) mass is 263 g/mol. The number of hydrogen-bond donors (Lipinski definition) is 7. The molecular formula is C6H18NO8P. The molecule has 16 heavy (non-hydrogen) atoms. The lowest BCUT2D eigenvalue weighted by Crippen LogP contribution is -2.50. The molecule has 0 aromatic heterocycles. The maximum atomic E-state index is 9.75. The maximum Gasteiger partial charge on any atom is 0.471 e. The predicted octanol–water partition coefficient (Wildman–Crippen LogP) is -2.91. The van der Waals surface area contributed by atoms with Crippen molar-refractivity contribution in [2.45, 2.75) is 18.8 Å². The molecule has 10 heteroatoms. The van der Waals surface area contributed by atoms with E-state index in [0.717, 1.165) is 6.92 Å². The molecule has 0 heterocycles. The van der Waals surface area contributed by atoms with E-state index in [9.17, 15) is 4.57 Å². The van der Waals surface area contributed by atoms with Crippen LogP contribution in [0.5, 0.6) is 0 Å². The van der Waals surface area contributed by atoms with Gasteiger partial charge in [0.25, 0.3) is 0 Å². The topological polar surface area (TPSA) is 174 Å². The second kappa shape index (κ2) is 8.07. The van der Waals surface area contributed by atoms with Crippen LogP contribution in [0.1, 0.15) is 6.92 Å². The van der Waals surface area contributed by atoms with Gasteiger partial charge >= 0.3 is 7.82 Å². The molecule has 0 saturated heterocycles. The van der Waals surface area contributed by atoms with Crippen molar-refractivity contribution in [2.24, 2.45) is 5.73 Å². The molecule has 1 atom stereocenters. The van der Waals surface area contributed by atoms with Gasteiger partial charge in [0.15, 0.2) is 6.29 Å². The van der Waals surface area contributed by atoms with Crippen molar-refractivity contribution in [1.29, 1.82) is 0 Å². The Bertz CT molecular complexity index is 204. The number of nitrogens with two attached hydrogens (primary N) is 1. The van der Waals surface area contributed by atoms with E-state index in [1.807, 2.05) is 0 Å². The average molecular weight is 263 g/mol. The highest BCUT2D eigenvalue weighted by Gasteiger charge is 2.20. The molecule has 100 valence electrons. The van der Waals surface area contributed by atoms with Crippen molar-refractivity contribution in [1.82, 2.24) is 0 Å². The first-order valence-electron chi connectivity index (χ1n) is 4.13. The average Bonchev–Trinajstić information content (AvgIpc) is 2.14. The van der Waals surface area contributed by atoms with Crippen molar-refractivity contribution in [3.8, 4) is 0 Å². The Kier molecular flexibility index (Phi) is 9.22. The van der Waals surface area contributed by atoms with Gasteiger partial charge < -0.3 is 35.9 Å². The summed E-state index contributed by atoms with van der Waals surface area (Å²) in [6.45, 7) is -0.0981.